The van der Waals surface area contributed by atoms with E-state index in [1.165, 1.54) is 18.2 Å². The minimum Gasteiger partial charge on any atom is -0.477 e. The molecule has 1 fully saturated rings. The highest BCUT2D eigenvalue weighted by Crippen LogP contribution is 2.40. The van der Waals surface area contributed by atoms with Crippen LogP contribution in [0.4, 0.5) is 13.8 Å². The predicted molar refractivity (Wildman–Crippen MR) is 161 cm³/mol. The molecule has 1 aliphatic heterocycles. The fraction of sp³-hybridized carbons (Fsp3) is 0.367. The number of amides is 1. The quantitative estimate of drug-likeness (QED) is 0.291. The standard InChI is InChI=1S/C18H24ClFN2.C6H4ClF.C6H5NO3S/c1-11-12(6-5-7-15(19)17(11)20)14-10-22-16(13(14)9-21)8-18(2,3)4;7-5-2-1-3-6(8)4-5;8-3-7-5-2-1-4(11-5)6(9)10/h5-7,12-14,16,22H,8,10H2,1-4H3;1-4H;1-3H,(H,7,8)(H,9,10). The third-order valence-corrected chi connectivity index (χ3v) is 7.91. The van der Waals surface area contributed by atoms with Crippen molar-refractivity contribution in [3.63, 3.8) is 0 Å². The summed E-state index contributed by atoms with van der Waals surface area (Å²) in [4.78, 5) is 20.4. The number of nitrogens with zero attached hydrogens (tertiary/aromatic N) is 1. The monoisotopic (exact) mass is 623 g/mol. The van der Waals surface area contributed by atoms with Crippen LogP contribution in [-0.2, 0) is 4.79 Å². The topological polar surface area (TPSA) is 102 Å². The average Bonchev–Trinajstić information content (AvgIpc) is 3.50. The van der Waals surface area contributed by atoms with Gasteiger partial charge in [-0.2, -0.15) is 5.26 Å². The zero-order chi connectivity index (χ0) is 30.7. The number of benzene rings is 1. The van der Waals surface area contributed by atoms with E-state index >= 15 is 0 Å². The molecule has 0 radical (unpaired) electrons. The van der Waals surface area contributed by atoms with E-state index in [9.17, 15) is 23.6 Å². The number of carbonyl (C=O) groups excluding carboxylic acids is 1. The van der Waals surface area contributed by atoms with Crippen molar-refractivity contribution in [1.82, 2.24) is 5.32 Å². The maximum atomic E-state index is 14.3. The summed E-state index contributed by atoms with van der Waals surface area (Å²) in [5.41, 5.74) is 0.778. The summed E-state index contributed by atoms with van der Waals surface area (Å²) < 4.78 is 26.4. The van der Waals surface area contributed by atoms with Crippen LogP contribution in [0.15, 0.2) is 71.1 Å². The number of allylic oxidation sites excluding steroid dienone is 6. The highest BCUT2D eigenvalue weighted by atomic mass is 35.5. The molecule has 1 amide bonds. The molecule has 0 bridgehead atoms. The van der Waals surface area contributed by atoms with E-state index in [-0.39, 0.29) is 50.8 Å². The van der Waals surface area contributed by atoms with E-state index in [1.54, 1.807) is 37.3 Å². The highest BCUT2D eigenvalue weighted by molar-refractivity contribution is 7.18. The van der Waals surface area contributed by atoms with Gasteiger partial charge in [-0.25, -0.2) is 13.6 Å². The zero-order valence-electron chi connectivity index (χ0n) is 23.1. The molecule has 1 aromatic heterocycles. The van der Waals surface area contributed by atoms with Crippen molar-refractivity contribution in [2.45, 2.75) is 40.2 Å². The number of aromatic carboxylic acids is 1. The first-order valence-electron chi connectivity index (χ1n) is 12.8. The van der Waals surface area contributed by atoms with E-state index in [4.69, 9.17) is 28.3 Å². The Hall–Kier alpha value is -3.03. The van der Waals surface area contributed by atoms with Gasteiger partial charge in [0.05, 0.1) is 22.0 Å². The number of halogens is 4. The van der Waals surface area contributed by atoms with Crippen LogP contribution in [0.5, 0.6) is 0 Å². The lowest BCUT2D eigenvalue weighted by Crippen LogP contribution is -2.31. The molecule has 1 saturated heterocycles. The number of nitrogens with one attached hydrogen (secondary N) is 2. The van der Waals surface area contributed by atoms with E-state index < -0.39 is 5.97 Å². The maximum Gasteiger partial charge on any atom is 0.345 e. The van der Waals surface area contributed by atoms with Gasteiger partial charge in [0.25, 0.3) is 0 Å². The smallest absolute Gasteiger partial charge is 0.345 e. The molecule has 1 aliphatic carbocycles. The molecule has 4 atom stereocenters. The summed E-state index contributed by atoms with van der Waals surface area (Å²) in [6, 6.07) is 11.4. The minimum absolute atomic E-state index is 0.0790. The Morgan fingerprint density at radius 3 is 2.49 bits per heavy atom. The van der Waals surface area contributed by atoms with Crippen molar-refractivity contribution >= 4 is 51.9 Å². The summed E-state index contributed by atoms with van der Waals surface area (Å²) in [5.74, 6) is -1.75. The number of anilines is 1. The van der Waals surface area contributed by atoms with Crippen LogP contribution in [-0.4, -0.2) is 30.1 Å². The second-order valence-electron chi connectivity index (χ2n) is 10.7. The van der Waals surface area contributed by atoms with E-state index in [0.29, 0.717) is 22.0 Å². The Bertz CT molecular complexity index is 1330. The van der Waals surface area contributed by atoms with Crippen LogP contribution in [0.25, 0.3) is 0 Å². The van der Waals surface area contributed by atoms with Gasteiger partial charge in [-0.1, -0.05) is 62.2 Å². The Morgan fingerprint density at radius 1 is 1.27 bits per heavy atom. The molecule has 1 aromatic carbocycles. The Labute approximate surface area is 253 Å². The summed E-state index contributed by atoms with van der Waals surface area (Å²) in [5, 5.41) is 25.1. The normalized spacial score (nSPS) is 21.8. The first-order chi connectivity index (χ1) is 19.3. The van der Waals surface area contributed by atoms with Crippen molar-refractivity contribution in [3.8, 4) is 6.07 Å². The molecule has 3 N–H and O–H groups in total. The van der Waals surface area contributed by atoms with Crippen LogP contribution >= 0.6 is 34.5 Å². The molecule has 2 aliphatic rings. The number of nitriles is 1. The van der Waals surface area contributed by atoms with Gasteiger partial charge in [0.1, 0.15) is 16.5 Å². The lowest BCUT2D eigenvalue weighted by Gasteiger charge is -2.28. The van der Waals surface area contributed by atoms with Crippen LogP contribution in [0.3, 0.4) is 0 Å². The van der Waals surface area contributed by atoms with Crippen molar-refractivity contribution in [1.29, 1.82) is 5.26 Å². The van der Waals surface area contributed by atoms with Crippen LogP contribution in [0.1, 0.15) is 43.8 Å². The minimum atomic E-state index is -0.978. The molecule has 0 spiro atoms. The van der Waals surface area contributed by atoms with Crippen LogP contribution in [0, 0.1) is 40.3 Å². The summed E-state index contributed by atoms with van der Waals surface area (Å²) in [6.07, 6.45) is 6.80. The molecule has 11 heteroatoms. The molecule has 220 valence electrons. The number of carbonyl (C=O) groups is 2. The fourth-order valence-corrected chi connectivity index (χ4v) is 5.66. The molecule has 4 unspecified atom stereocenters. The molecule has 6 nitrogen and oxygen atoms in total. The third-order valence-electron chi connectivity index (χ3n) is 6.37. The summed E-state index contributed by atoms with van der Waals surface area (Å²) in [6.45, 7) is 9.04. The van der Waals surface area contributed by atoms with Crippen LogP contribution in [0.2, 0.25) is 5.02 Å². The average molecular weight is 625 g/mol. The van der Waals surface area contributed by atoms with Crippen molar-refractivity contribution in [3.05, 3.63) is 86.8 Å². The van der Waals surface area contributed by atoms with Crippen molar-refractivity contribution in [2.24, 2.45) is 23.2 Å². The first kappa shape index (κ1) is 34.2. The SMILES string of the molecule is CC1=C(F)C(Cl)=CC=CC1C1CNC(CC(C)(C)C)C1C#N.Fc1cccc(Cl)c1.O=CNc1ccc(C(=O)O)s1. The largest absolute Gasteiger partial charge is 0.477 e. The number of hydrogen-bond acceptors (Lipinski definition) is 5. The number of thiophene rings is 1. The molecular formula is C30H33Cl2F2N3O3S. The molecule has 4 rings (SSSR count). The second-order valence-corrected chi connectivity index (χ2v) is 12.6. The third kappa shape index (κ3) is 10.7. The fourth-order valence-electron chi connectivity index (χ4n) is 4.56. The summed E-state index contributed by atoms with van der Waals surface area (Å²) in [7, 11) is 0. The zero-order valence-corrected chi connectivity index (χ0v) is 25.5. The van der Waals surface area contributed by atoms with Gasteiger partial charge >= 0.3 is 5.97 Å². The Morgan fingerprint density at radius 2 is 1.98 bits per heavy atom. The predicted octanol–water partition coefficient (Wildman–Crippen LogP) is 8.20. The second kappa shape index (κ2) is 15.8. The molecule has 2 aromatic rings. The number of hydrogen-bond donors (Lipinski definition) is 3. The van der Waals surface area contributed by atoms with Gasteiger partial charge in [-0.15, -0.1) is 11.3 Å². The lowest BCUT2D eigenvalue weighted by molar-refractivity contribution is -0.105. The molecule has 0 saturated carbocycles. The lowest BCUT2D eigenvalue weighted by atomic mass is 9.75. The first-order valence-corrected chi connectivity index (χ1v) is 14.3. The number of carboxylic acid groups (broad SMARTS) is 1. The Kier molecular flexibility index (Phi) is 13.2. The highest BCUT2D eigenvalue weighted by Gasteiger charge is 2.42. The number of carboxylic acids is 1. The molecule has 2 heterocycles. The summed E-state index contributed by atoms with van der Waals surface area (Å²) >= 11 is 12.3. The van der Waals surface area contributed by atoms with Gasteiger partial charge in [0.2, 0.25) is 6.41 Å². The van der Waals surface area contributed by atoms with E-state index in [0.717, 1.165) is 24.3 Å². The van der Waals surface area contributed by atoms with E-state index in [2.05, 4.69) is 37.5 Å². The van der Waals surface area contributed by atoms with Gasteiger partial charge in [-0.05, 0) is 66.7 Å². The maximum absolute atomic E-state index is 14.3. The molecule has 41 heavy (non-hydrogen) atoms. The van der Waals surface area contributed by atoms with Gasteiger partial charge < -0.3 is 15.7 Å². The van der Waals surface area contributed by atoms with Gasteiger partial charge in [-0.3, -0.25) is 4.79 Å². The van der Waals surface area contributed by atoms with E-state index in [1.807, 2.05) is 6.08 Å². The molecular weight excluding hydrogens is 591 g/mol. The van der Waals surface area contributed by atoms with Crippen LogP contribution < -0.4 is 10.6 Å². The van der Waals surface area contributed by atoms with Gasteiger partial charge in [0.15, 0.2) is 0 Å². The Balaban J connectivity index is 0.000000255. The number of rotatable bonds is 5. The van der Waals surface area contributed by atoms with Crippen molar-refractivity contribution < 1.29 is 23.5 Å². The van der Waals surface area contributed by atoms with Crippen molar-refractivity contribution in [2.75, 3.05) is 11.9 Å². The van der Waals surface area contributed by atoms with Gasteiger partial charge in [0, 0.05) is 23.5 Å².